The topological polar surface area (TPSA) is 50.3 Å². The molecule has 1 heterocycles. The van der Waals surface area contributed by atoms with Crippen molar-refractivity contribution in [3.8, 4) is 0 Å². The van der Waals surface area contributed by atoms with E-state index in [0.29, 0.717) is 11.3 Å². The number of carbonyl (C=O) groups is 2. The molecule has 0 N–H and O–H groups in total. The predicted molar refractivity (Wildman–Crippen MR) is 85.3 cm³/mol. The molecule has 0 aliphatic carbocycles. The number of benzene rings is 1. The minimum atomic E-state index is -0.555. The van der Waals surface area contributed by atoms with Crippen LogP contribution in [0.25, 0.3) is 0 Å². The van der Waals surface area contributed by atoms with Crippen LogP contribution in [-0.2, 0) is 4.79 Å². The number of halogens is 1. The summed E-state index contributed by atoms with van der Waals surface area (Å²) in [4.78, 5) is 30.3. The molecule has 1 aromatic heterocycles. The van der Waals surface area contributed by atoms with Crippen molar-refractivity contribution in [1.29, 1.82) is 0 Å². The highest BCUT2D eigenvalue weighted by Gasteiger charge is 2.26. The molecule has 0 aliphatic rings. The van der Waals surface area contributed by atoms with Gasteiger partial charge < -0.3 is 4.90 Å². The lowest BCUT2D eigenvalue weighted by atomic mass is 10.1. The van der Waals surface area contributed by atoms with Crippen molar-refractivity contribution in [3.05, 3.63) is 58.8 Å². The number of anilines is 1. The molecule has 0 fully saturated rings. The second kappa shape index (κ2) is 6.63. The normalized spacial score (nSPS) is 10.5. The molecule has 21 heavy (non-hydrogen) atoms. The highest BCUT2D eigenvalue weighted by Crippen LogP contribution is 2.18. The Labute approximate surface area is 131 Å². The molecule has 0 unspecified atom stereocenters. The van der Waals surface area contributed by atoms with Crippen LogP contribution in [0.4, 0.5) is 5.69 Å². The lowest BCUT2D eigenvalue weighted by Crippen LogP contribution is -2.41. The number of rotatable bonds is 4. The van der Waals surface area contributed by atoms with Crippen LogP contribution < -0.4 is 4.90 Å². The molecule has 0 atom stereocenters. The van der Waals surface area contributed by atoms with Gasteiger partial charge in [0, 0.05) is 22.3 Å². The third-order valence-corrected chi connectivity index (χ3v) is 3.49. The number of hydrogen-bond acceptors (Lipinski definition) is 3. The molecular formula is C16H15BrN2O2. The Morgan fingerprint density at radius 2 is 1.81 bits per heavy atom. The van der Waals surface area contributed by atoms with Crippen LogP contribution in [0.5, 0.6) is 0 Å². The average Bonchev–Trinajstić information content (AvgIpc) is 2.48. The predicted octanol–water partition coefficient (Wildman–Crippen LogP) is 3.47. The lowest BCUT2D eigenvalue weighted by molar-refractivity contribution is -0.115. The maximum absolute atomic E-state index is 12.5. The van der Waals surface area contributed by atoms with Crippen molar-refractivity contribution in [3.63, 3.8) is 0 Å². The highest BCUT2D eigenvalue weighted by molar-refractivity contribution is 9.10. The summed E-state index contributed by atoms with van der Waals surface area (Å²) in [6, 6.07) is 10.1. The standard InChI is InChI=1S/C16H15BrN2O2/c1-11(2)19(14-4-3-9-18-10-14)16(21)15(20)12-5-7-13(17)8-6-12/h3-11H,1-2H3. The molecule has 0 spiro atoms. The summed E-state index contributed by atoms with van der Waals surface area (Å²) >= 11 is 3.31. The molecule has 2 rings (SSSR count). The largest absolute Gasteiger partial charge is 0.301 e. The Morgan fingerprint density at radius 3 is 2.33 bits per heavy atom. The molecule has 0 saturated heterocycles. The zero-order valence-electron chi connectivity index (χ0n) is 11.8. The molecule has 0 aliphatic heterocycles. The first-order valence-electron chi connectivity index (χ1n) is 6.54. The molecule has 0 saturated carbocycles. The molecule has 0 radical (unpaired) electrons. The van der Waals surface area contributed by atoms with Gasteiger partial charge in [-0.1, -0.05) is 15.9 Å². The van der Waals surface area contributed by atoms with Crippen molar-refractivity contribution in [2.45, 2.75) is 19.9 Å². The summed E-state index contributed by atoms with van der Waals surface area (Å²) in [5.41, 5.74) is 0.987. The first-order chi connectivity index (χ1) is 10.0. The summed E-state index contributed by atoms with van der Waals surface area (Å²) in [5, 5.41) is 0. The van der Waals surface area contributed by atoms with Crippen LogP contribution in [0.3, 0.4) is 0 Å². The number of nitrogens with zero attached hydrogens (tertiary/aromatic N) is 2. The summed E-state index contributed by atoms with van der Waals surface area (Å²) in [6.45, 7) is 3.72. The van der Waals surface area contributed by atoms with E-state index in [1.54, 1.807) is 48.8 Å². The number of Topliss-reactive ketones (excluding diaryl/α,β-unsaturated/α-hetero) is 1. The Hall–Kier alpha value is -2.01. The Balaban J connectivity index is 2.31. The highest BCUT2D eigenvalue weighted by atomic mass is 79.9. The summed E-state index contributed by atoms with van der Waals surface area (Å²) < 4.78 is 0.861. The summed E-state index contributed by atoms with van der Waals surface area (Å²) in [7, 11) is 0. The van der Waals surface area contributed by atoms with E-state index in [1.807, 2.05) is 13.8 Å². The number of amides is 1. The van der Waals surface area contributed by atoms with Gasteiger partial charge in [0.2, 0.25) is 0 Å². The fourth-order valence-electron chi connectivity index (χ4n) is 1.98. The smallest absolute Gasteiger partial charge is 0.299 e. The maximum Gasteiger partial charge on any atom is 0.299 e. The van der Waals surface area contributed by atoms with Gasteiger partial charge in [0.05, 0.1) is 11.9 Å². The SMILES string of the molecule is CC(C)N(C(=O)C(=O)c1ccc(Br)cc1)c1cccnc1. The molecule has 1 aromatic carbocycles. The fraction of sp³-hybridized carbons (Fsp3) is 0.188. The van der Waals surface area contributed by atoms with Crippen LogP contribution in [0.1, 0.15) is 24.2 Å². The molecule has 4 nitrogen and oxygen atoms in total. The Morgan fingerprint density at radius 1 is 1.14 bits per heavy atom. The molecule has 5 heteroatoms. The lowest BCUT2D eigenvalue weighted by Gasteiger charge is -2.25. The van der Waals surface area contributed by atoms with E-state index in [4.69, 9.17) is 0 Å². The summed E-state index contributed by atoms with van der Waals surface area (Å²) in [5.74, 6) is -1.08. The van der Waals surface area contributed by atoms with Crippen LogP contribution in [0.2, 0.25) is 0 Å². The van der Waals surface area contributed by atoms with Gasteiger partial charge in [-0.3, -0.25) is 14.6 Å². The van der Waals surface area contributed by atoms with Gasteiger partial charge in [-0.05, 0) is 50.2 Å². The third-order valence-electron chi connectivity index (χ3n) is 2.96. The first-order valence-corrected chi connectivity index (χ1v) is 7.33. The third kappa shape index (κ3) is 3.55. The number of hydrogen-bond donors (Lipinski definition) is 0. The van der Waals surface area contributed by atoms with Gasteiger partial charge in [0.15, 0.2) is 0 Å². The fourth-order valence-corrected chi connectivity index (χ4v) is 2.24. The molecule has 2 aromatic rings. The van der Waals surface area contributed by atoms with E-state index in [0.717, 1.165) is 4.47 Å². The minimum absolute atomic E-state index is 0.138. The number of aromatic nitrogens is 1. The number of pyridine rings is 1. The van der Waals surface area contributed by atoms with E-state index >= 15 is 0 Å². The van der Waals surface area contributed by atoms with Crippen molar-refractivity contribution in [2.75, 3.05) is 4.90 Å². The van der Waals surface area contributed by atoms with E-state index in [2.05, 4.69) is 20.9 Å². The van der Waals surface area contributed by atoms with E-state index < -0.39 is 11.7 Å². The van der Waals surface area contributed by atoms with Crippen LogP contribution >= 0.6 is 15.9 Å². The Bertz CT molecular complexity index is 639. The van der Waals surface area contributed by atoms with Gasteiger partial charge in [0.1, 0.15) is 0 Å². The monoisotopic (exact) mass is 346 g/mol. The van der Waals surface area contributed by atoms with Crippen molar-refractivity contribution < 1.29 is 9.59 Å². The van der Waals surface area contributed by atoms with Gasteiger partial charge in [-0.2, -0.15) is 0 Å². The van der Waals surface area contributed by atoms with Crippen LogP contribution in [0.15, 0.2) is 53.3 Å². The summed E-state index contributed by atoms with van der Waals surface area (Å²) in [6.07, 6.45) is 3.20. The second-order valence-corrected chi connectivity index (χ2v) is 5.73. The first kappa shape index (κ1) is 15.4. The Kier molecular flexibility index (Phi) is 4.85. The van der Waals surface area contributed by atoms with Gasteiger partial charge >= 0.3 is 0 Å². The minimum Gasteiger partial charge on any atom is -0.301 e. The van der Waals surface area contributed by atoms with Gasteiger partial charge in [-0.25, -0.2) is 0 Å². The number of carbonyl (C=O) groups excluding carboxylic acids is 2. The van der Waals surface area contributed by atoms with E-state index in [9.17, 15) is 9.59 Å². The molecule has 1 amide bonds. The second-order valence-electron chi connectivity index (χ2n) is 4.82. The van der Waals surface area contributed by atoms with Crippen molar-refractivity contribution in [1.82, 2.24) is 4.98 Å². The van der Waals surface area contributed by atoms with E-state index in [-0.39, 0.29) is 6.04 Å². The van der Waals surface area contributed by atoms with Crippen molar-refractivity contribution >= 4 is 33.3 Å². The maximum atomic E-state index is 12.5. The number of ketones is 1. The molecule has 108 valence electrons. The van der Waals surface area contributed by atoms with Gasteiger partial charge in [0.25, 0.3) is 11.7 Å². The van der Waals surface area contributed by atoms with E-state index in [1.165, 1.54) is 4.90 Å². The zero-order chi connectivity index (χ0) is 15.4. The zero-order valence-corrected chi connectivity index (χ0v) is 13.4. The van der Waals surface area contributed by atoms with Crippen molar-refractivity contribution in [2.24, 2.45) is 0 Å². The molecule has 0 bridgehead atoms. The quantitative estimate of drug-likeness (QED) is 0.629. The average molecular weight is 347 g/mol. The van der Waals surface area contributed by atoms with Crippen LogP contribution in [0, 0.1) is 0 Å². The van der Waals surface area contributed by atoms with Gasteiger partial charge in [-0.15, -0.1) is 0 Å². The molecular weight excluding hydrogens is 332 g/mol. The van der Waals surface area contributed by atoms with Crippen LogP contribution in [-0.4, -0.2) is 22.7 Å².